The predicted molar refractivity (Wildman–Crippen MR) is 127 cm³/mol. The maximum absolute atomic E-state index is 6.00. The van der Waals surface area contributed by atoms with Crippen LogP contribution in [-0.2, 0) is 6.42 Å². The van der Waals surface area contributed by atoms with Gasteiger partial charge in [-0.2, -0.15) is 9.14 Å². The smallest absolute Gasteiger partial charge is 0.255 e. The Balaban J connectivity index is 2.41. The Kier molecular flexibility index (Phi) is 5.67. The van der Waals surface area contributed by atoms with Gasteiger partial charge in [-0.1, -0.05) is 30.4 Å². The highest BCUT2D eigenvalue weighted by atomic mass is 15.1. The van der Waals surface area contributed by atoms with Crippen LogP contribution >= 0.6 is 0 Å². The largest absolute Gasteiger partial charge is 0.399 e. The summed E-state index contributed by atoms with van der Waals surface area (Å²) in [6, 6.07) is 14.9. The van der Waals surface area contributed by atoms with Crippen molar-refractivity contribution in [1.29, 1.82) is 0 Å². The van der Waals surface area contributed by atoms with Crippen LogP contribution < -0.4 is 10.3 Å². The molecule has 3 heteroatoms. The third-order valence-corrected chi connectivity index (χ3v) is 7.04. The Labute approximate surface area is 180 Å². The molecule has 1 aromatic carbocycles. The molecule has 30 heavy (non-hydrogen) atoms. The summed E-state index contributed by atoms with van der Waals surface area (Å²) in [6.45, 7) is 23.5. The minimum atomic E-state index is -0.562. The van der Waals surface area contributed by atoms with Crippen LogP contribution in [0.4, 0.5) is 0 Å². The standard InChI is InChI=1S/C27H33N3/c1-8-29(7)27(6)22(4)30-18-12-11-15-25(30)24-14-10-9-13-23(24)16-17-26(27,5)20(2)19-21(3)28/h8-15,18-19H,1,3-4,7,16-17,28H2,2,5-6H3/q+2/b20-19+. The zero-order valence-electron chi connectivity index (χ0n) is 18.5. The van der Waals surface area contributed by atoms with E-state index in [9.17, 15) is 0 Å². The molecule has 1 aliphatic rings. The van der Waals surface area contributed by atoms with E-state index in [1.165, 1.54) is 11.1 Å². The van der Waals surface area contributed by atoms with Gasteiger partial charge in [0.2, 0.25) is 5.69 Å². The highest BCUT2D eigenvalue weighted by Gasteiger charge is 2.60. The summed E-state index contributed by atoms with van der Waals surface area (Å²) in [7, 11) is 0. The van der Waals surface area contributed by atoms with Gasteiger partial charge in [0.25, 0.3) is 11.2 Å². The average molecular weight is 400 g/mol. The second-order valence-corrected chi connectivity index (χ2v) is 8.52. The van der Waals surface area contributed by atoms with Crippen molar-refractivity contribution in [3.8, 4) is 11.3 Å². The van der Waals surface area contributed by atoms with E-state index in [4.69, 9.17) is 5.73 Å². The molecule has 2 heterocycles. The molecule has 3 rings (SSSR count). The van der Waals surface area contributed by atoms with Gasteiger partial charge in [-0.05, 0) is 63.6 Å². The Morgan fingerprint density at radius 2 is 1.83 bits per heavy atom. The van der Waals surface area contributed by atoms with Crippen molar-refractivity contribution in [2.75, 3.05) is 0 Å². The fourth-order valence-corrected chi connectivity index (χ4v) is 4.75. The minimum Gasteiger partial charge on any atom is -0.399 e. The molecule has 0 saturated carbocycles. The maximum atomic E-state index is 6.00. The van der Waals surface area contributed by atoms with Crippen LogP contribution in [0, 0.1) is 5.41 Å². The molecule has 0 amide bonds. The first-order chi connectivity index (χ1) is 14.2. The molecule has 0 radical (unpaired) electrons. The third kappa shape index (κ3) is 3.24. The van der Waals surface area contributed by atoms with Gasteiger partial charge in [0.15, 0.2) is 12.4 Å². The van der Waals surface area contributed by atoms with Crippen molar-refractivity contribution in [3.05, 3.63) is 97.5 Å². The summed E-state index contributed by atoms with van der Waals surface area (Å²) in [5.74, 6) is 0. The molecule has 154 valence electrons. The minimum absolute atomic E-state index is 0.333. The van der Waals surface area contributed by atoms with Crippen molar-refractivity contribution in [3.63, 3.8) is 0 Å². The molecule has 0 spiro atoms. The molecule has 2 aromatic rings. The molecule has 1 aliphatic heterocycles. The second kappa shape index (κ2) is 7.91. The second-order valence-electron chi connectivity index (χ2n) is 8.52. The van der Waals surface area contributed by atoms with E-state index in [0.717, 1.165) is 29.8 Å². The molecule has 2 unspecified atom stereocenters. The third-order valence-electron chi connectivity index (χ3n) is 7.04. The van der Waals surface area contributed by atoms with Gasteiger partial charge in [0.05, 0.1) is 5.41 Å². The first kappa shape index (κ1) is 21.5. The molecule has 0 fully saturated rings. The number of pyridine rings is 1. The zero-order valence-corrected chi connectivity index (χ0v) is 18.5. The van der Waals surface area contributed by atoms with E-state index in [1.807, 2.05) is 16.7 Å². The van der Waals surface area contributed by atoms with Gasteiger partial charge >= 0.3 is 0 Å². The molecular weight excluding hydrogens is 366 g/mol. The van der Waals surface area contributed by atoms with Crippen molar-refractivity contribution in [2.45, 2.75) is 39.2 Å². The van der Waals surface area contributed by atoms with E-state index >= 15 is 0 Å². The summed E-state index contributed by atoms with van der Waals surface area (Å²) < 4.78 is 4.13. The first-order valence-corrected chi connectivity index (χ1v) is 10.3. The number of nitrogens with two attached hydrogens (primary N) is 1. The Hall–Kier alpha value is -3.20. The van der Waals surface area contributed by atoms with Gasteiger partial charge in [-0.15, -0.1) is 0 Å². The van der Waals surface area contributed by atoms with E-state index in [2.05, 4.69) is 94.4 Å². The van der Waals surface area contributed by atoms with Crippen molar-refractivity contribution in [2.24, 2.45) is 11.1 Å². The summed E-state index contributed by atoms with van der Waals surface area (Å²) in [5, 5.41) is 0. The highest BCUT2D eigenvalue weighted by Crippen LogP contribution is 2.49. The number of rotatable bonds is 4. The van der Waals surface area contributed by atoms with Gasteiger partial charge in [-0.3, -0.25) is 0 Å². The molecule has 0 saturated heterocycles. The van der Waals surface area contributed by atoms with Crippen LogP contribution in [0.3, 0.4) is 0 Å². The fourth-order valence-electron chi connectivity index (χ4n) is 4.75. The summed E-state index contributed by atoms with van der Waals surface area (Å²) in [5.41, 5.74) is 11.4. The summed E-state index contributed by atoms with van der Waals surface area (Å²) >= 11 is 0. The zero-order chi connectivity index (χ0) is 22.1. The van der Waals surface area contributed by atoms with Gasteiger partial charge in [0, 0.05) is 30.3 Å². The number of hydrogen-bond donors (Lipinski definition) is 1. The van der Waals surface area contributed by atoms with Crippen LogP contribution in [-0.4, -0.2) is 16.8 Å². The molecule has 2 N–H and O–H groups in total. The van der Waals surface area contributed by atoms with Crippen molar-refractivity contribution >= 4 is 12.4 Å². The van der Waals surface area contributed by atoms with Crippen LogP contribution in [0.2, 0.25) is 0 Å². The van der Waals surface area contributed by atoms with Crippen LogP contribution in [0.5, 0.6) is 0 Å². The molecular formula is C27H33N3+2. The highest BCUT2D eigenvalue weighted by molar-refractivity contribution is 5.64. The molecule has 3 nitrogen and oxygen atoms in total. The van der Waals surface area contributed by atoms with E-state index < -0.39 is 5.54 Å². The summed E-state index contributed by atoms with van der Waals surface area (Å²) in [4.78, 5) is 0. The number of hydrogen-bond acceptors (Lipinski definition) is 1. The monoisotopic (exact) mass is 399 g/mol. The van der Waals surface area contributed by atoms with Crippen LogP contribution in [0.25, 0.3) is 17.0 Å². The average Bonchev–Trinajstić information content (AvgIpc) is 2.77. The van der Waals surface area contributed by atoms with Gasteiger partial charge in [-0.25, -0.2) is 0 Å². The van der Waals surface area contributed by atoms with Gasteiger partial charge < -0.3 is 5.73 Å². The summed E-state index contributed by atoms with van der Waals surface area (Å²) in [6.07, 6.45) is 7.64. The molecule has 1 aromatic heterocycles. The topological polar surface area (TPSA) is 32.9 Å². The lowest BCUT2D eigenvalue weighted by molar-refractivity contribution is -0.626. The molecule has 0 aliphatic carbocycles. The first-order valence-electron chi connectivity index (χ1n) is 10.3. The predicted octanol–water partition coefficient (Wildman–Crippen LogP) is 5.10. The van der Waals surface area contributed by atoms with Gasteiger partial charge in [0.1, 0.15) is 6.72 Å². The van der Waals surface area contributed by atoms with Crippen LogP contribution in [0.1, 0.15) is 32.8 Å². The SMILES string of the molecule is C=C[N+](=C)C1(C)C(=C)[n+]2ccccc2-c2ccccc2CCC1(C)/C(C)=C/C(=C)N. The molecule has 0 bridgehead atoms. The maximum Gasteiger partial charge on any atom is 0.255 e. The lowest BCUT2D eigenvalue weighted by Gasteiger charge is -2.41. The lowest BCUT2D eigenvalue weighted by Crippen LogP contribution is -2.58. The number of allylic oxidation sites excluding steroid dienone is 1. The Morgan fingerprint density at radius 1 is 1.17 bits per heavy atom. The van der Waals surface area contributed by atoms with E-state index in [0.29, 0.717) is 5.70 Å². The number of benzene rings is 1. The number of fused-ring (bicyclic) bond motifs is 3. The number of aryl methyl sites for hydroxylation is 1. The van der Waals surface area contributed by atoms with E-state index in [1.54, 1.807) is 6.20 Å². The normalized spacial score (nSPS) is 24.0. The number of aromatic nitrogens is 1. The van der Waals surface area contributed by atoms with E-state index in [-0.39, 0.29) is 5.41 Å². The lowest BCUT2D eigenvalue weighted by atomic mass is 9.62. The molecule has 2 atom stereocenters. The Bertz CT molecular complexity index is 1080. The Morgan fingerprint density at radius 3 is 2.50 bits per heavy atom. The number of nitrogens with zero attached hydrogens (tertiary/aromatic N) is 2. The van der Waals surface area contributed by atoms with Crippen molar-refractivity contribution < 1.29 is 9.14 Å². The quantitative estimate of drug-likeness (QED) is 0.433. The fraction of sp³-hybridized carbons (Fsp3) is 0.259. The van der Waals surface area contributed by atoms with Crippen molar-refractivity contribution in [1.82, 2.24) is 0 Å². The van der Waals surface area contributed by atoms with Crippen LogP contribution in [0.15, 0.2) is 91.9 Å².